The van der Waals surface area contributed by atoms with E-state index in [4.69, 9.17) is 4.98 Å². The minimum Gasteiger partial charge on any atom is -0.493 e. The number of likely N-dealkylation sites (tertiary alicyclic amines) is 1. The Morgan fingerprint density at radius 3 is 2.81 bits per heavy atom. The fourth-order valence-corrected chi connectivity index (χ4v) is 5.30. The third-order valence-electron chi connectivity index (χ3n) is 6.12. The Balaban J connectivity index is 1.37. The van der Waals surface area contributed by atoms with Crippen LogP contribution in [0.15, 0.2) is 29.2 Å². The third kappa shape index (κ3) is 3.80. The molecule has 0 amide bonds. The first-order valence-electron chi connectivity index (χ1n) is 11.1. The van der Waals surface area contributed by atoms with E-state index in [-0.39, 0.29) is 5.88 Å². The lowest BCUT2D eigenvalue weighted by atomic mass is 10.2. The molecule has 0 radical (unpaired) electrons. The molecule has 5 heterocycles. The number of H-pyrrole nitrogens is 2. The molecule has 6 rings (SSSR count). The largest absolute Gasteiger partial charge is 0.493 e. The Morgan fingerprint density at radius 1 is 1.22 bits per heavy atom. The summed E-state index contributed by atoms with van der Waals surface area (Å²) in [5, 5.41) is 18.1. The Morgan fingerprint density at radius 2 is 2.06 bits per heavy atom. The van der Waals surface area contributed by atoms with E-state index in [2.05, 4.69) is 43.5 Å². The van der Waals surface area contributed by atoms with E-state index in [0.29, 0.717) is 18.2 Å². The quantitative estimate of drug-likeness (QED) is 0.344. The van der Waals surface area contributed by atoms with Crippen LogP contribution in [-0.2, 0) is 13.0 Å². The van der Waals surface area contributed by atoms with Crippen LogP contribution in [0.3, 0.4) is 0 Å². The molecule has 4 N–H and O–H groups in total. The SMILES string of the molecule is O=c1[nH]c(O)c(Cc2cnn3c(NC4CC4)cc(-c4ccc(CN5CCCC5)s4)nc23)[nH]1. The molecule has 0 spiro atoms. The first kappa shape index (κ1) is 19.6. The summed E-state index contributed by atoms with van der Waals surface area (Å²) in [7, 11) is 0. The average molecular weight is 452 g/mol. The van der Waals surface area contributed by atoms with Crippen LogP contribution in [0.5, 0.6) is 5.88 Å². The minimum atomic E-state index is -0.428. The molecule has 4 aromatic heterocycles. The van der Waals surface area contributed by atoms with Crippen molar-refractivity contribution < 1.29 is 5.11 Å². The molecule has 0 atom stereocenters. The molecule has 4 aromatic rings. The van der Waals surface area contributed by atoms with Crippen molar-refractivity contribution in [2.24, 2.45) is 0 Å². The minimum absolute atomic E-state index is 0.147. The number of fused-ring (bicyclic) bond motifs is 1. The highest BCUT2D eigenvalue weighted by Gasteiger charge is 2.24. The van der Waals surface area contributed by atoms with Crippen LogP contribution < -0.4 is 11.0 Å². The first-order chi connectivity index (χ1) is 15.6. The molecular weight excluding hydrogens is 426 g/mol. The van der Waals surface area contributed by atoms with E-state index in [9.17, 15) is 9.90 Å². The van der Waals surface area contributed by atoms with Gasteiger partial charge in [-0.05, 0) is 50.9 Å². The smallest absolute Gasteiger partial charge is 0.325 e. The Labute approximate surface area is 188 Å². The topological polar surface area (TPSA) is 114 Å². The molecule has 9 nitrogen and oxygen atoms in total. The monoisotopic (exact) mass is 451 g/mol. The summed E-state index contributed by atoms with van der Waals surface area (Å²) in [5.74, 6) is 0.770. The van der Waals surface area contributed by atoms with Crippen molar-refractivity contribution in [2.75, 3.05) is 18.4 Å². The van der Waals surface area contributed by atoms with Crippen LogP contribution in [0.2, 0.25) is 0 Å². The normalized spacial score (nSPS) is 16.9. The van der Waals surface area contributed by atoms with Gasteiger partial charge in [0.15, 0.2) is 5.65 Å². The fourth-order valence-electron chi connectivity index (χ4n) is 4.29. The standard InChI is InChI=1S/C22H25N7O2S/c30-21-17(26-22(31)27-21)9-13-11-23-29-19(24-14-3-4-14)10-16(25-20(13)29)18-6-5-15(32-18)12-28-7-1-2-8-28/h5-6,10-11,14,24,30H,1-4,7-9,12H2,(H2,26,27,31). The molecule has 2 aliphatic rings. The van der Waals surface area contributed by atoms with Gasteiger partial charge in [-0.1, -0.05) is 0 Å². The van der Waals surface area contributed by atoms with Crippen molar-refractivity contribution in [1.82, 2.24) is 29.5 Å². The average Bonchev–Trinajstić information content (AvgIpc) is 3.17. The van der Waals surface area contributed by atoms with Gasteiger partial charge in [0.1, 0.15) is 5.82 Å². The predicted molar refractivity (Wildman–Crippen MR) is 123 cm³/mol. The maximum atomic E-state index is 11.5. The zero-order valence-electron chi connectivity index (χ0n) is 17.6. The maximum Gasteiger partial charge on any atom is 0.325 e. The number of anilines is 1. The van der Waals surface area contributed by atoms with Crippen molar-refractivity contribution >= 4 is 22.8 Å². The second kappa shape index (κ2) is 7.79. The van der Waals surface area contributed by atoms with Gasteiger partial charge in [-0.15, -0.1) is 11.3 Å². The molecule has 32 heavy (non-hydrogen) atoms. The van der Waals surface area contributed by atoms with Gasteiger partial charge >= 0.3 is 5.69 Å². The molecule has 2 fully saturated rings. The lowest BCUT2D eigenvalue weighted by molar-refractivity contribution is 0.334. The molecule has 10 heteroatoms. The summed E-state index contributed by atoms with van der Waals surface area (Å²) < 4.78 is 1.82. The Bertz CT molecular complexity index is 1320. The summed E-state index contributed by atoms with van der Waals surface area (Å²) in [6.45, 7) is 3.36. The molecule has 0 unspecified atom stereocenters. The van der Waals surface area contributed by atoms with Gasteiger partial charge in [0.2, 0.25) is 5.88 Å². The predicted octanol–water partition coefficient (Wildman–Crippen LogP) is 2.94. The van der Waals surface area contributed by atoms with E-state index >= 15 is 0 Å². The third-order valence-corrected chi connectivity index (χ3v) is 7.21. The molecule has 1 aliphatic heterocycles. The number of aromatic amines is 2. The maximum absolute atomic E-state index is 11.5. The van der Waals surface area contributed by atoms with Crippen LogP contribution >= 0.6 is 11.3 Å². The molecule has 166 valence electrons. The summed E-state index contributed by atoms with van der Waals surface area (Å²) in [6.07, 6.45) is 6.98. The summed E-state index contributed by atoms with van der Waals surface area (Å²) in [4.78, 5) is 26.5. The number of hydrogen-bond donors (Lipinski definition) is 4. The highest BCUT2D eigenvalue weighted by molar-refractivity contribution is 7.15. The number of nitrogens with one attached hydrogen (secondary N) is 3. The van der Waals surface area contributed by atoms with Crippen LogP contribution in [-0.4, -0.2) is 53.7 Å². The van der Waals surface area contributed by atoms with Gasteiger partial charge in [-0.2, -0.15) is 9.61 Å². The highest BCUT2D eigenvalue weighted by Crippen LogP contribution is 2.33. The summed E-state index contributed by atoms with van der Waals surface area (Å²) >= 11 is 1.79. The van der Waals surface area contributed by atoms with Crippen molar-refractivity contribution in [3.8, 4) is 16.5 Å². The zero-order chi connectivity index (χ0) is 21.7. The lowest BCUT2D eigenvalue weighted by Gasteiger charge is -2.12. The molecular formula is C22H25N7O2S. The van der Waals surface area contributed by atoms with E-state index in [1.165, 1.54) is 30.8 Å². The van der Waals surface area contributed by atoms with Gasteiger partial charge in [-0.3, -0.25) is 9.88 Å². The van der Waals surface area contributed by atoms with Crippen molar-refractivity contribution in [2.45, 2.75) is 44.7 Å². The second-order valence-corrected chi connectivity index (χ2v) is 9.85. The summed E-state index contributed by atoms with van der Waals surface area (Å²) in [5.41, 5.74) is 2.47. The van der Waals surface area contributed by atoms with Crippen LogP contribution in [0, 0.1) is 0 Å². The number of imidazole rings is 1. The lowest BCUT2D eigenvalue weighted by Crippen LogP contribution is -2.17. The number of thiophene rings is 1. The number of hydrogen-bond acceptors (Lipinski definition) is 7. The number of nitrogens with zero attached hydrogens (tertiary/aromatic N) is 4. The zero-order valence-corrected chi connectivity index (χ0v) is 18.4. The summed E-state index contributed by atoms with van der Waals surface area (Å²) in [6, 6.07) is 6.91. The van der Waals surface area contributed by atoms with E-state index in [1.807, 2.05) is 4.52 Å². The van der Waals surface area contributed by atoms with Gasteiger partial charge in [0, 0.05) is 35.5 Å². The van der Waals surface area contributed by atoms with Crippen LogP contribution in [0.4, 0.5) is 5.82 Å². The Kier molecular flexibility index (Phi) is 4.76. The molecule has 1 saturated carbocycles. The van der Waals surface area contributed by atoms with Crippen LogP contribution in [0.25, 0.3) is 16.2 Å². The molecule has 0 aromatic carbocycles. The van der Waals surface area contributed by atoms with Gasteiger partial charge in [0.05, 0.1) is 22.5 Å². The second-order valence-electron chi connectivity index (χ2n) is 8.68. The first-order valence-corrected chi connectivity index (χ1v) is 11.9. The van der Waals surface area contributed by atoms with Gasteiger partial charge in [-0.25, -0.2) is 9.78 Å². The number of aromatic hydroxyl groups is 1. The highest BCUT2D eigenvalue weighted by atomic mass is 32.1. The molecule has 1 saturated heterocycles. The van der Waals surface area contributed by atoms with E-state index in [0.717, 1.165) is 47.0 Å². The van der Waals surface area contributed by atoms with Gasteiger partial charge in [0.25, 0.3) is 0 Å². The van der Waals surface area contributed by atoms with Crippen LogP contribution in [0.1, 0.15) is 41.8 Å². The van der Waals surface area contributed by atoms with Gasteiger partial charge < -0.3 is 15.4 Å². The van der Waals surface area contributed by atoms with Crippen molar-refractivity contribution in [3.63, 3.8) is 0 Å². The Hall–Kier alpha value is -3.11. The molecule has 0 bridgehead atoms. The van der Waals surface area contributed by atoms with Crippen molar-refractivity contribution in [3.05, 3.63) is 51.0 Å². The van der Waals surface area contributed by atoms with E-state index in [1.54, 1.807) is 17.5 Å². The molecule has 1 aliphatic carbocycles. The van der Waals surface area contributed by atoms with E-state index < -0.39 is 5.69 Å². The number of aromatic nitrogens is 5. The fraction of sp³-hybridized carbons (Fsp3) is 0.409. The van der Waals surface area contributed by atoms with Crippen molar-refractivity contribution in [1.29, 1.82) is 0 Å². The number of rotatable bonds is 7.